The molecule has 0 unspecified atom stereocenters. The molecule has 2 aromatic heterocycles. The van der Waals surface area contributed by atoms with Crippen molar-refractivity contribution >= 4 is 17.1 Å². The van der Waals surface area contributed by atoms with Gasteiger partial charge >= 0.3 is 6.18 Å². The van der Waals surface area contributed by atoms with Crippen molar-refractivity contribution < 1.29 is 18.0 Å². The third-order valence-corrected chi connectivity index (χ3v) is 3.89. The largest absolute Gasteiger partial charge is 0.405 e. The predicted molar refractivity (Wildman–Crippen MR) is 78.2 cm³/mol. The molecule has 0 fully saturated rings. The molecule has 124 valence electrons. The molecule has 1 amide bonds. The number of rotatable bonds is 2. The van der Waals surface area contributed by atoms with Crippen molar-refractivity contribution in [3.8, 4) is 0 Å². The molecule has 3 heterocycles. The maximum atomic E-state index is 12.3. The van der Waals surface area contributed by atoms with E-state index in [1.807, 2.05) is 9.88 Å². The molecule has 0 spiro atoms. The number of alkyl halides is 3. The molecule has 0 saturated heterocycles. The second kappa shape index (κ2) is 5.82. The Bertz CT molecular complexity index is 751. The Hall–Kier alpha value is -2.12. The van der Waals surface area contributed by atoms with Crippen LogP contribution in [0.15, 0.2) is 6.07 Å². The van der Waals surface area contributed by atoms with Crippen LogP contribution >= 0.6 is 0 Å². The van der Waals surface area contributed by atoms with E-state index in [4.69, 9.17) is 0 Å². The Labute approximate surface area is 130 Å². The van der Waals surface area contributed by atoms with Gasteiger partial charge in [-0.3, -0.25) is 4.79 Å². The van der Waals surface area contributed by atoms with E-state index in [0.717, 1.165) is 38.1 Å². The van der Waals surface area contributed by atoms with Gasteiger partial charge in [0.15, 0.2) is 5.65 Å². The third kappa shape index (κ3) is 3.30. The van der Waals surface area contributed by atoms with Crippen LogP contribution in [0.25, 0.3) is 11.2 Å². The lowest BCUT2D eigenvalue weighted by Crippen LogP contribution is -2.33. The van der Waals surface area contributed by atoms with Gasteiger partial charge in [-0.25, -0.2) is 9.97 Å². The average molecular weight is 326 g/mol. The first-order chi connectivity index (χ1) is 10.8. The molecule has 2 aromatic rings. The number of carbonyl (C=O) groups excluding carboxylic acids is 1. The minimum absolute atomic E-state index is 0.150. The van der Waals surface area contributed by atoms with E-state index < -0.39 is 18.6 Å². The zero-order chi connectivity index (χ0) is 16.6. The summed E-state index contributed by atoms with van der Waals surface area (Å²) >= 11 is 0. The van der Waals surface area contributed by atoms with Crippen molar-refractivity contribution in [2.24, 2.45) is 0 Å². The second-order valence-electron chi connectivity index (χ2n) is 5.77. The number of hydrogen-bond donors (Lipinski definition) is 1. The van der Waals surface area contributed by atoms with Crippen molar-refractivity contribution in [3.05, 3.63) is 23.1 Å². The van der Waals surface area contributed by atoms with Crippen molar-refractivity contribution in [1.29, 1.82) is 0 Å². The first-order valence-electron chi connectivity index (χ1n) is 7.57. The maximum absolute atomic E-state index is 12.3. The number of amides is 1. The third-order valence-electron chi connectivity index (χ3n) is 3.89. The zero-order valence-corrected chi connectivity index (χ0v) is 12.7. The van der Waals surface area contributed by atoms with E-state index in [1.54, 1.807) is 6.92 Å². The molecule has 8 heteroatoms. The van der Waals surface area contributed by atoms with Crippen molar-refractivity contribution in [2.75, 3.05) is 6.54 Å². The molecule has 0 aromatic carbocycles. The predicted octanol–water partition coefficient (Wildman–Crippen LogP) is 2.76. The number of nitrogens with one attached hydrogen (secondary N) is 1. The van der Waals surface area contributed by atoms with E-state index in [-0.39, 0.29) is 5.56 Å². The summed E-state index contributed by atoms with van der Waals surface area (Å²) in [6, 6.07) is 1.49. The van der Waals surface area contributed by atoms with Crippen molar-refractivity contribution in [1.82, 2.24) is 19.9 Å². The number of aromatic nitrogens is 3. The summed E-state index contributed by atoms with van der Waals surface area (Å²) in [6.07, 6.45) is -0.529. The van der Waals surface area contributed by atoms with Crippen LogP contribution in [0.3, 0.4) is 0 Å². The van der Waals surface area contributed by atoms with E-state index in [1.165, 1.54) is 6.07 Å². The van der Waals surface area contributed by atoms with E-state index in [0.29, 0.717) is 16.9 Å². The molecule has 0 bridgehead atoms. The number of aryl methyl sites for hydroxylation is 3. The first-order valence-corrected chi connectivity index (χ1v) is 7.57. The number of carbonyl (C=O) groups is 1. The molecule has 0 radical (unpaired) electrons. The molecular weight excluding hydrogens is 309 g/mol. The van der Waals surface area contributed by atoms with Gasteiger partial charge in [-0.2, -0.15) is 13.2 Å². The number of pyridine rings is 1. The van der Waals surface area contributed by atoms with Crippen LogP contribution in [-0.2, 0) is 13.0 Å². The average Bonchev–Trinajstić information content (AvgIpc) is 2.66. The molecule has 5 nitrogen and oxygen atoms in total. The standard InChI is InChI=1S/C15H17F3N4O/c1-9-7-10(14(23)19-8-15(16,17)18)12-13(20-9)22-6-4-2-3-5-11(22)21-12/h7H,2-6,8H2,1H3,(H,19,23). The van der Waals surface area contributed by atoms with Crippen LogP contribution < -0.4 is 5.32 Å². The van der Waals surface area contributed by atoms with E-state index in [9.17, 15) is 18.0 Å². The zero-order valence-electron chi connectivity index (χ0n) is 12.7. The van der Waals surface area contributed by atoms with Gasteiger partial charge in [0, 0.05) is 18.7 Å². The second-order valence-corrected chi connectivity index (χ2v) is 5.77. The number of fused-ring (bicyclic) bond motifs is 3. The molecule has 23 heavy (non-hydrogen) atoms. The van der Waals surface area contributed by atoms with Gasteiger partial charge in [-0.15, -0.1) is 0 Å². The molecule has 1 N–H and O–H groups in total. The number of nitrogens with zero attached hydrogens (tertiary/aromatic N) is 3. The molecule has 1 aliphatic heterocycles. The molecule has 3 rings (SSSR count). The lowest BCUT2D eigenvalue weighted by Gasteiger charge is -2.09. The minimum atomic E-state index is -4.44. The summed E-state index contributed by atoms with van der Waals surface area (Å²) in [5.74, 6) is 0.0755. The lowest BCUT2D eigenvalue weighted by atomic mass is 10.2. The fraction of sp³-hybridized carbons (Fsp3) is 0.533. The number of imidazole rings is 1. The summed E-state index contributed by atoms with van der Waals surface area (Å²) in [6.45, 7) is 1.13. The highest BCUT2D eigenvalue weighted by Crippen LogP contribution is 2.24. The Morgan fingerprint density at radius 3 is 2.83 bits per heavy atom. The summed E-state index contributed by atoms with van der Waals surface area (Å²) in [5.41, 5.74) is 1.70. The van der Waals surface area contributed by atoms with Crippen LogP contribution in [0.2, 0.25) is 0 Å². The van der Waals surface area contributed by atoms with E-state index in [2.05, 4.69) is 9.97 Å². The van der Waals surface area contributed by atoms with Gasteiger partial charge in [-0.05, 0) is 25.8 Å². The van der Waals surface area contributed by atoms with Crippen molar-refractivity contribution in [3.63, 3.8) is 0 Å². The summed E-state index contributed by atoms with van der Waals surface area (Å²) < 4.78 is 38.9. The number of halogens is 3. The van der Waals surface area contributed by atoms with Crippen LogP contribution in [0, 0.1) is 6.92 Å². The highest BCUT2D eigenvalue weighted by atomic mass is 19.4. The van der Waals surface area contributed by atoms with Gasteiger partial charge in [0.1, 0.15) is 17.9 Å². The quantitative estimate of drug-likeness (QED) is 0.923. The molecule has 0 atom stereocenters. The molecule has 1 aliphatic rings. The van der Waals surface area contributed by atoms with Crippen LogP contribution in [0.5, 0.6) is 0 Å². The molecular formula is C15H17F3N4O. The molecule has 0 saturated carbocycles. The maximum Gasteiger partial charge on any atom is 0.405 e. The fourth-order valence-electron chi connectivity index (χ4n) is 2.86. The summed E-state index contributed by atoms with van der Waals surface area (Å²) in [4.78, 5) is 21.1. The van der Waals surface area contributed by atoms with Gasteiger partial charge in [0.05, 0.1) is 5.56 Å². The first kappa shape index (κ1) is 15.8. The smallest absolute Gasteiger partial charge is 0.343 e. The van der Waals surface area contributed by atoms with E-state index >= 15 is 0 Å². The Kier molecular flexibility index (Phi) is 3.99. The Balaban J connectivity index is 2.02. The summed E-state index contributed by atoms with van der Waals surface area (Å²) in [5, 5.41) is 1.91. The SMILES string of the molecule is Cc1cc(C(=O)NCC(F)(F)F)c2nc3n(c2n1)CCCCC3. The fourth-order valence-corrected chi connectivity index (χ4v) is 2.86. The van der Waals surface area contributed by atoms with Crippen molar-refractivity contribution in [2.45, 2.75) is 45.3 Å². The van der Waals surface area contributed by atoms with Crippen LogP contribution in [-0.4, -0.2) is 33.2 Å². The molecule has 0 aliphatic carbocycles. The van der Waals surface area contributed by atoms with Gasteiger partial charge in [0.25, 0.3) is 5.91 Å². The summed E-state index contributed by atoms with van der Waals surface area (Å²) in [7, 11) is 0. The Morgan fingerprint density at radius 2 is 2.09 bits per heavy atom. The van der Waals surface area contributed by atoms with Gasteiger partial charge in [-0.1, -0.05) is 6.42 Å². The lowest BCUT2D eigenvalue weighted by molar-refractivity contribution is -0.123. The van der Waals surface area contributed by atoms with Gasteiger partial charge < -0.3 is 9.88 Å². The highest BCUT2D eigenvalue weighted by Gasteiger charge is 2.29. The minimum Gasteiger partial charge on any atom is -0.343 e. The highest BCUT2D eigenvalue weighted by molar-refractivity contribution is 6.04. The normalized spacial score (nSPS) is 15.3. The van der Waals surface area contributed by atoms with Gasteiger partial charge in [0.2, 0.25) is 0 Å². The Morgan fingerprint density at radius 1 is 1.30 bits per heavy atom. The number of hydrogen-bond acceptors (Lipinski definition) is 3. The monoisotopic (exact) mass is 326 g/mol. The van der Waals surface area contributed by atoms with Crippen LogP contribution in [0.4, 0.5) is 13.2 Å². The topological polar surface area (TPSA) is 59.8 Å². The van der Waals surface area contributed by atoms with Crippen LogP contribution in [0.1, 0.15) is 41.1 Å².